The number of hydrogen-bond acceptors (Lipinski definition) is 6. The molecule has 0 aliphatic rings. The first-order valence-electron chi connectivity index (χ1n) is 9.15. The van der Waals surface area contributed by atoms with Gasteiger partial charge in [-0.15, -0.1) is 0 Å². The summed E-state index contributed by atoms with van der Waals surface area (Å²) in [7, 11) is 3.01. The lowest BCUT2D eigenvalue weighted by atomic mass is 10.2. The van der Waals surface area contributed by atoms with Gasteiger partial charge in [0.05, 0.1) is 12.0 Å². The summed E-state index contributed by atoms with van der Waals surface area (Å²) in [5, 5.41) is 16.0. The average molecular weight is 443 g/mol. The zero-order chi connectivity index (χ0) is 22.7. The molecule has 2 aromatic carbocycles. The minimum absolute atomic E-state index is 0.114. The van der Waals surface area contributed by atoms with Gasteiger partial charge in [-0.2, -0.15) is 5.10 Å². The number of aromatic nitrogens is 2. The monoisotopic (exact) mass is 442 g/mol. The molecule has 0 aliphatic heterocycles. The minimum atomic E-state index is -0.639. The zero-order valence-electron chi connectivity index (χ0n) is 17.0. The maximum atomic E-state index is 13.0. The molecule has 0 spiro atoms. The Morgan fingerprint density at radius 3 is 2.65 bits per heavy atom. The number of para-hydroxylation sites is 2. The van der Waals surface area contributed by atoms with Crippen LogP contribution in [0.15, 0.2) is 53.3 Å². The lowest BCUT2D eigenvalue weighted by molar-refractivity contribution is -0.384. The number of aryl methyl sites for hydroxylation is 1. The Morgan fingerprint density at radius 2 is 1.97 bits per heavy atom. The van der Waals surface area contributed by atoms with Crippen LogP contribution in [0.1, 0.15) is 21.7 Å². The number of benzene rings is 2. The molecule has 31 heavy (non-hydrogen) atoms. The van der Waals surface area contributed by atoms with Crippen LogP contribution in [0.25, 0.3) is 5.69 Å². The number of carbonyl (C=O) groups is 1. The summed E-state index contributed by atoms with van der Waals surface area (Å²) in [6.45, 7) is 1.70. The van der Waals surface area contributed by atoms with Crippen molar-refractivity contribution in [2.45, 2.75) is 13.5 Å². The third-order valence-corrected chi connectivity index (χ3v) is 4.85. The maximum absolute atomic E-state index is 13.0. The third kappa shape index (κ3) is 4.56. The largest absolute Gasteiger partial charge is 0.496 e. The predicted octanol–water partition coefficient (Wildman–Crippen LogP) is 3.38. The van der Waals surface area contributed by atoms with Gasteiger partial charge >= 0.3 is 0 Å². The molecule has 160 valence electrons. The van der Waals surface area contributed by atoms with Crippen molar-refractivity contribution in [2.24, 2.45) is 0 Å². The number of ether oxygens (including phenoxy) is 1. The molecule has 1 aromatic heterocycles. The first kappa shape index (κ1) is 22.0. The fraction of sp³-hybridized carbons (Fsp3) is 0.190. The summed E-state index contributed by atoms with van der Waals surface area (Å²) >= 11 is 6.05. The fourth-order valence-electron chi connectivity index (χ4n) is 3.12. The van der Waals surface area contributed by atoms with Gasteiger partial charge < -0.3 is 9.64 Å². The molecule has 3 rings (SSSR count). The normalized spacial score (nSPS) is 10.6. The molecule has 1 heterocycles. The molecule has 0 aliphatic carbocycles. The molecule has 0 saturated heterocycles. The second kappa shape index (κ2) is 8.97. The number of nitro benzene ring substituents is 1. The van der Waals surface area contributed by atoms with Gasteiger partial charge in [0.1, 0.15) is 11.4 Å². The number of rotatable bonds is 6. The molecule has 10 heteroatoms. The van der Waals surface area contributed by atoms with Crippen LogP contribution >= 0.6 is 11.6 Å². The molecule has 0 unspecified atom stereocenters. The molecule has 0 fully saturated rings. The van der Waals surface area contributed by atoms with E-state index in [2.05, 4.69) is 5.10 Å². The van der Waals surface area contributed by atoms with Crippen molar-refractivity contribution < 1.29 is 14.5 Å². The zero-order valence-corrected chi connectivity index (χ0v) is 17.8. The van der Waals surface area contributed by atoms with Crippen LogP contribution in [0, 0.1) is 17.0 Å². The lowest BCUT2D eigenvalue weighted by Crippen LogP contribution is -2.33. The van der Waals surface area contributed by atoms with Crippen LogP contribution in [0.2, 0.25) is 5.02 Å². The van der Waals surface area contributed by atoms with Gasteiger partial charge in [-0.25, -0.2) is 4.68 Å². The van der Waals surface area contributed by atoms with Crippen LogP contribution in [0.5, 0.6) is 5.75 Å². The van der Waals surface area contributed by atoms with Crippen molar-refractivity contribution in [2.75, 3.05) is 14.2 Å². The van der Waals surface area contributed by atoms with Gasteiger partial charge in [-0.3, -0.25) is 19.7 Å². The summed E-state index contributed by atoms with van der Waals surface area (Å²) in [6, 6.07) is 12.2. The maximum Gasteiger partial charge on any atom is 0.294 e. The van der Waals surface area contributed by atoms with E-state index in [0.717, 1.165) is 0 Å². The predicted molar refractivity (Wildman–Crippen MR) is 115 cm³/mol. The Kier molecular flexibility index (Phi) is 6.36. The Balaban J connectivity index is 2.01. The van der Waals surface area contributed by atoms with E-state index in [1.807, 2.05) is 0 Å². The van der Waals surface area contributed by atoms with Gasteiger partial charge in [-0.1, -0.05) is 23.7 Å². The summed E-state index contributed by atoms with van der Waals surface area (Å²) < 4.78 is 6.52. The lowest BCUT2D eigenvalue weighted by Gasteiger charge is -2.19. The Bertz CT molecular complexity index is 1220. The van der Waals surface area contributed by atoms with Gasteiger partial charge in [-0.05, 0) is 31.2 Å². The number of amides is 1. The standard InChI is InChI=1S/C21H19ClN4O5/c1-13-10-18(27)20(23-25(13)16-6-4-5-7-17(16)26(29)30)21(28)24(2)12-14-11-15(22)8-9-19(14)31-3/h4-11H,12H2,1-3H3. The van der Waals surface area contributed by atoms with E-state index in [9.17, 15) is 19.7 Å². The second-order valence-electron chi connectivity index (χ2n) is 6.77. The highest BCUT2D eigenvalue weighted by Crippen LogP contribution is 2.25. The Labute approximate surface area is 182 Å². The highest BCUT2D eigenvalue weighted by Gasteiger charge is 2.23. The summed E-state index contributed by atoms with van der Waals surface area (Å²) in [5.74, 6) is -0.0994. The van der Waals surface area contributed by atoms with Gasteiger partial charge in [0.2, 0.25) is 5.43 Å². The van der Waals surface area contributed by atoms with Crippen molar-refractivity contribution in [3.05, 3.63) is 90.8 Å². The molecule has 0 atom stereocenters. The molecule has 1 amide bonds. The number of nitrogens with zero attached hydrogens (tertiary/aromatic N) is 4. The summed E-state index contributed by atoms with van der Waals surface area (Å²) in [4.78, 5) is 37.7. The third-order valence-electron chi connectivity index (χ3n) is 4.61. The second-order valence-corrected chi connectivity index (χ2v) is 7.21. The topological polar surface area (TPSA) is 108 Å². The van der Waals surface area contributed by atoms with Crippen molar-refractivity contribution in [3.63, 3.8) is 0 Å². The highest BCUT2D eigenvalue weighted by atomic mass is 35.5. The van der Waals surface area contributed by atoms with Crippen LogP contribution in [-0.2, 0) is 6.54 Å². The Hall–Kier alpha value is -3.72. The number of carbonyl (C=O) groups excluding carboxylic acids is 1. The fourth-order valence-corrected chi connectivity index (χ4v) is 3.31. The van der Waals surface area contributed by atoms with Crippen LogP contribution in [0.3, 0.4) is 0 Å². The van der Waals surface area contributed by atoms with Crippen molar-refractivity contribution >= 4 is 23.2 Å². The van der Waals surface area contributed by atoms with E-state index in [4.69, 9.17) is 16.3 Å². The SMILES string of the molecule is COc1ccc(Cl)cc1CN(C)C(=O)c1nn(-c2ccccc2[N+](=O)[O-])c(C)cc1=O. The quantitative estimate of drug-likeness (QED) is 0.427. The van der Waals surface area contributed by atoms with E-state index >= 15 is 0 Å². The molecule has 0 N–H and O–H groups in total. The number of nitro groups is 1. The van der Waals surface area contributed by atoms with Gasteiger partial charge in [0.25, 0.3) is 11.6 Å². The van der Waals surface area contributed by atoms with Gasteiger partial charge in [0.15, 0.2) is 5.69 Å². The molecule has 0 bridgehead atoms. The molecular formula is C21H19ClN4O5. The van der Waals surface area contributed by atoms with Crippen LogP contribution < -0.4 is 10.2 Å². The van der Waals surface area contributed by atoms with Crippen molar-refractivity contribution in [1.29, 1.82) is 0 Å². The van der Waals surface area contributed by atoms with Crippen LogP contribution in [-0.4, -0.2) is 39.7 Å². The smallest absolute Gasteiger partial charge is 0.294 e. The van der Waals surface area contributed by atoms with Gasteiger partial charge in [0, 0.05) is 42.0 Å². The average Bonchev–Trinajstić information content (AvgIpc) is 2.73. The van der Waals surface area contributed by atoms with E-state index in [0.29, 0.717) is 22.0 Å². The van der Waals surface area contributed by atoms with E-state index < -0.39 is 16.3 Å². The van der Waals surface area contributed by atoms with Crippen LogP contribution in [0.4, 0.5) is 5.69 Å². The first-order valence-corrected chi connectivity index (χ1v) is 9.53. The number of hydrogen-bond donors (Lipinski definition) is 0. The Morgan fingerprint density at radius 1 is 1.26 bits per heavy atom. The minimum Gasteiger partial charge on any atom is -0.496 e. The van der Waals surface area contributed by atoms with Crippen molar-refractivity contribution in [3.8, 4) is 11.4 Å². The number of halogens is 1. The molecule has 0 saturated carbocycles. The first-order chi connectivity index (χ1) is 14.7. The molecular weight excluding hydrogens is 424 g/mol. The molecule has 0 radical (unpaired) electrons. The summed E-state index contributed by atoms with van der Waals surface area (Å²) in [5.41, 5.74) is 0.0249. The van der Waals surface area contributed by atoms with E-state index in [1.54, 1.807) is 31.2 Å². The molecule has 9 nitrogen and oxygen atoms in total. The highest BCUT2D eigenvalue weighted by molar-refractivity contribution is 6.30. The van der Waals surface area contributed by atoms with E-state index in [-0.39, 0.29) is 23.6 Å². The summed E-state index contributed by atoms with van der Waals surface area (Å²) in [6.07, 6.45) is 0. The van der Waals surface area contributed by atoms with E-state index in [1.165, 1.54) is 48.0 Å². The van der Waals surface area contributed by atoms with Crippen molar-refractivity contribution in [1.82, 2.24) is 14.7 Å². The molecule has 3 aromatic rings. The number of methoxy groups -OCH3 is 1.